The number of carbonyl (C=O) groups excluding carboxylic acids is 1. The molecule has 0 spiro atoms. The zero-order valence-electron chi connectivity index (χ0n) is 15.0. The maximum absolute atomic E-state index is 11.6. The molecule has 0 aromatic rings. The van der Waals surface area contributed by atoms with E-state index in [0.717, 1.165) is 63.9 Å². The molecule has 0 aromatic heterocycles. The van der Waals surface area contributed by atoms with Crippen molar-refractivity contribution in [3.63, 3.8) is 0 Å². The molecule has 6 heteroatoms. The van der Waals surface area contributed by atoms with Crippen molar-refractivity contribution in [2.45, 2.75) is 45.1 Å². The van der Waals surface area contributed by atoms with Crippen molar-refractivity contribution in [3.05, 3.63) is 0 Å². The smallest absolute Gasteiger partial charge is 0.222 e. The molecule has 0 aromatic carbocycles. The quantitative estimate of drug-likeness (QED) is 0.376. The van der Waals surface area contributed by atoms with Crippen molar-refractivity contribution in [1.29, 1.82) is 0 Å². The van der Waals surface area contributed by atoms with E-state index in [4.69, 9.17) is 4.99 Å². The van der Waals surface area contributed by atoms with Crippen molar-refractivity contribution >= 4 is 11.9 Å². The first-order valence-corrected chi connectivity index (χ1v) is 9.08. The molecule has 2 fully saturated rings. The summed E-state index contributed by atoms with van der Waals surface area (Å²) in [6.07, 6.45) is 5.39. The van der Waals surface area contributed by atoms with Crippen LogP contribution >= 0.6 is 0 Å². The second kappa shape index (κ2) is 9.11. The van der Waals surface area contributed by atoms with E-state index in [1.54, 1.807) is 0 Å². The third-order valence-electron chi connectivity index (χ3n) is 4.68. The molecule has 132 valence electrons. The van der Waals surface area contributed by atoms with Gasteiger partial charge in [0.15, 0.2) is 5.96 Å². The van der Waals surface area contributed by atoms with Gasteiger partial charge in [0.1, 0.15) is 0 Å². The van der Waals surface area contributed by atoms with E-state index >= 15 is 0 Å². The van der Waals surface area contributed by atoms with E-state index < -0.39 is 0 Å². The number of carbonyl (C=O) groups is 1. The van der Waals surface area contributed by atoms with E-state index in [0.29, 0.717) is 11.9 Å². The first-order chi connectivity index (χ1) is 11.1. The van der Waals surface area contributed by atoms with Crippen LogP contribution < -0.4 is 10.6 Å². The molecule has 2 aliphatic rings. The molecule has 1 atom stereocenters. The molecule has 1 aliphatic heterocycles. The number of rotatable bonds is 9. The Bertz CT molecular complexity index is 404. The fraction of sp³-hybridized carbons (Fsp3) is 0.882. The Morgan fingerprint density at radius 2 is 2.17 bits per heavy atom. The number of likely N-dealkylation sites (N-methyl/N-ethyl adjacent to an activating group) is 1. The summed E-state index contributed by atoms with van der Waals surface area (Å²) >= 11 is 0. The first kappa shape index (κ1) is 18.0. The van der Waals surface area contributed by atoms with Crippen LogP contribution in [0.25, 0.3) is 0 Å². The molecule has 0 radical (unpaired) electrons. The Kier molecular flexibility index (Phi) is 7.15. The molecule has 1 saturated carbocycles. The topological polar surface area (TPSA) is 60.0 Å². The molecule has 6 nitrogen and oxygen atoms in total. The highest BCUT2D eigenvalue weighted by Crippen LogP contribution is 2.34. The molecular weight excluding hydrogens is 290 g/mol. The fourth-order valence-electron chi connectivity index (χ4n) is 3.16. The van der Waals surface area contributed by atoms with Crippen molar-refractivity contribution < 1.29 is 4.79 Å². The van der Waals surface area contributed by atoms with Gasteiger partial charge in [-0.05, 0) is 52.6 Å². The van der Waals surface area contributed by atoms with Gasteiger partial charge in [0.25, 0.3) is 0 Å². The van der Waals surface area contributed by atoms with Crippen molar-refractivity contribution in [2.24, 2.45) is 10.9 Å². The van der Waals surface area contributed by atoms with Crippen molar-refractivity contribution in [2.75, 3.05) is 46.8 Å². The lowest BCUT2D eigenvalue weighted by Gasteiger charge is -2.23. The Balaban J connectivity index is 1.71. The lowest BCUT2D eigenvalue weighted by molar-refractivity contribution is -0.127. The third-order valence-corrected chi connectivity index (χ3v) is 4.68. The van der Waals surface area contributed by atoms with Crippen LogP contribution in [0, 0.1) is 5.92 Å². The minimum absolute atomic E-state index is 0.309. The maximum Gasteiger partial charge on any atom is 0.222 e. The zero-order valence-corrected chi connectivity index (χ0v) is 15.0. The molecule has 1 aliphatic carbocycles. The predicted octanol–water partition coefficient (Wildman–Crippen LogP) is 0.894. The monoisotopic (exact) mass is 323 g/mol. The molecule has 1 saturated heterocycles. The Morgan fingerprint density at radius 3 is 2.74 bits per heavy atom. The van der Waals surface area contributed by atoms with E-state index in [9.17, 15) is 4.79 Å². The molecule has 2 N–H and O–H groups in total. The van der Waals surface area contributed by atoms with Crippen LogP contribution in [0.2, 0.25) is 0 Å². The minimum atomic E-state index is 0.309. The summed E-state index contributed by atoms with van der Waals surface area (Å²) in [4.78, 5) is 20.6. The zero-order chi connectivity index (χ0) is 16.7. The summed E-state index contributed by atoms with van der Waals surface area (Å²) in [5.74, 6) is 2.02. The summed E-state index contributed by atoms with van der Waals surface area (Å²) < 4.78 is 0. The predicted molar refractivity (Wildman–Crippen MR) is 94.6 cm³/mol. The summed E-state index contributed by atoms with van der Waals surface area (Å²) in [7, 11) is 4.29. The van der Waals surface area contributed by atoms with Gasteiger partial charge < -0.3 is 20.4 Å². The van der Waals surface area contributed by atoms with E-state index in [1.165, 1.54) is 12.8 Å². The summed E-state index contributed by atoms with van der Waals surface area (Å²) in [6.45, 7) is 6.44. The van der Waals surface area contributed by atoms with Gasteiger partial charge in [-0.2, -0.15) is 0 Å². The van der Waals surface area contributed by atoms with Gasteiger partial charge in [-0.1, -0.05) is 0 Å². The highest BCUT2D eigenvalue weighted by Gasteiger charge is 2.32. The largest absolute Gasteiger partial charge is 0.357 e. The van der Waals surface area contributed by atoms with Crippen LogP contribution in [0.3, 0.4) is 0 Å². The molecule has 2 rings (SSSR count). The average Bonchev–Trinajstić information content (AvgIpc) is 3.26. The molecule has 1 heterocycles. The highest BCUT2D eigenvalue weighted by atomic mass is 16.2. The molecular formula is C17H33N5O. The van der Waals surface area contributed by atoms with Crippen LogP contribution in [0.1, 0.15) is 39.0 Å². The lowest BCUT2D eigenvalue weighted by atomic mass is 10.2. The molecule has 0 bridgehead atoms. The van der Waals surface area contributed by atoms with Crippen molar-refractivity contribution in [1.82, 2.24) is 20.4 Å². The number of amides is 1. The van der Waals surface area contributed by atoms with Gasteiger partial charge in [0.05, 0.1) is 6.54 Å². The van der Waals surface area contributed by atoms with E-state index in [1.807, 2.05) is 4.90 Å². The van der Waals surface area contributed by atoms with Gasteiger partial charge in [-0.3, -0.25) is 9.79 Å². The second-order valence-electron chi connectivity index (χ2n) is 6.85. The number of aliphatic imine (C=N–C) groups is 1. The maximum atomic E-state index is 11.6. The number of nitrogens with one attached hydrogen (secondary N) is 2. The number of hydrogen-bond donors (Lipinski definition) is 2. The van der Waals surface area contributed by atoms with Gasteiger partial charge in [0.2, 0.25) is 5.91 Å². The number of hydrogen-bond acceptors (Lipinski definition) is 3. The fourth-order valence-corrected chi connectivity index (χ4v) is 3.16. The standard InChI is InChI=1S/C17H33N5O/c1-4-18-17(20-13-15(21(2)3)14-8-9-14)19-10-6-12-22-11-5-7-16(22)23/h14-15H,4-13H2,1-3H3,(H2,18,19,20). The summed E-state index contributed by atoms with van der Waals surface area (Å²) in [6, 6.07) is 0.549. The van der Waals surface area contributed by atoms with Gasteiger partial charge >= 0.3 is 0 Å². The van der Waals surface area contributed by atoms with E-state index in [2.05, 4.69) is 36.6 Å². The normalized spacial score (nSPS) is 20.3. The molecule has 23 heavy (non-hydrogen) atoms. The number of guanidine groups is 1. The number of nitrogens with zero attached hydrogens (tertiary/aromatic N) is 3. The van der Waals surface area contributed by atoms with Gasteiger partial charge in [-0.25, -0.2) is 0 Å². The molecule has 1 unspecified atom stereocenters. The number of likely N-dealkylation sites (tertiary alicyclic amines) is 1. The Morgan fingerprint density at radius 1 is 1.39 bits per heavy atom. The minimum Gasteiger partial charge on any atom is -0.357 e. The highest BCUT2D eigenvalue weighted by molar-refractivity contribution is 5.79. The van der Waals surface area contributed by atoms with Crippen LogP contribution in [-0.4, -0.2) is 74.5 Å². The van der Waals surface area contributed by atoms with Crippen LogP contribution in [-0.2, 0) is 4.79 Å². The first-order valence-electron chi connectivity index (χ1n) is 9.08. The average molecular weight is 323 g/mol. The van der Waals surface area contributed by atoms with E-state index in [-0.39, 0.29) is 0 Å². The van der Waals surface area contributed by atoms with Gasteiger partial charge in [-0.15, -0.1) is 0 Å². The third kappa shape index (κ3) is 6.01. The van der Waals surface area contributed by atoms with Crippen LogP contribution in [0.4, 0.5) is 0 Å². The lowest BCUT2D eigenvalue weighted by Crippen LogP contribution is -2.40. The Labute approximate surface area is 140 Å². The SMILES string of the molecule is CCNC(=NCC(C1CC1)N(C)C)NCCCN1CCCC1=O. The Hall–Kier alpha value is -1.30. The van der Waals surface area contributed by atoms with Crippen LogP contribution in [0.15, 0.2) is 4.99 Å². The summed E-state index contributed by atoms with van der Waals surface area (Å²) in [5, 5.41) is 6.71. The van der Waals surface area contributed by atoms with Crippen LogP contribution in [0.5, 0.6) is 0 Å². The van der Waals surface area contributed by atoms with Crippen molar-refractivity contribution in [3.8, 4) is 0 Å². The molecule has 1 amide bonds. The van der Waals surface area contributed by atoms with Gasteiger partial charge in [0, 0.05) is 38.6 Å². The summed E-state index contributed by atoms with van der Waals surface area (Å²) in [5.41, 5.74) is 0. The second-order valence-corrected chi connectivity index (χ2v) is 6.85.